The number of nitrogens with zero attached hydrogens (tertiary/aromatic N) is 5. The molecule has 4 aromatic rings. The van der Waals surface area contributed by atoms with E-state index < -0.39 is 21.5 Å². The Morgan fingerprint density at radius 2 is 1.83 bits per heavy atom. The maximum absolute atomic E-state index is 14.1. The van der Waals surface area contributed by atoms with Crippen LogP contribution in [-0.4, -0.2) is 93.7 Å². The first-order chi connectivity index (χ1) is 22.2. The Morgan fingerprint density at radius 1 is 1.02 bits per heavy atom. The van der Waals surface area contributed by atoms with Crippen molar-refractivity contribution >= 4 is 49.4 Å². The minimum absolute atomic E-state index is 0.0432. The lowest BCUT2D eigenvalue weighted by molar-refractivity contribution is -0.118. The minimum atomic E-state index is -3.96. The molecule has 0 aliphatic carbocycles. The number of carbonyl (C=O) groups is 2. The number of likely N-dealkylation sites (tertiary alicyclic amines) is 1. The number of sulfonamides is 1. The van der Waals surface area contributed by atoms with Crippen molar-refractivity contribution in [3.8, 4) is 5.88 Å². The van der Waals surface area contributed by atoms with Crippen molar-refractivity contribution in [2.75, 3.05) is 59.0 Å². The van der Waals surface area contributed by atoms with E-state index in [9.17, 15) is 18.0 Å². The van der Waals surface area contributed by atoms with Gasteiger partial charge in [-0.2, -0.15) is 4.31 Å². The highest BCUT2D eigenvalue weighted by molar-refractivity contribution is 7.89. The van der Waals surface area contributed by atoms with E-state index in [1.54, 1.807) is 47.2 Å². The Morgan fingerprint density at radius 3 is 2.57 bits per heavy atom. The average molecular weight is 666 g/mol. The molecule has 1 atom stereocenters. The van der Waals surface area contributed by atoms with Crippen LogP contribution >= 0.6 is 11.3 Å². The second-order valence-corrected chi connectivity index (χ2v) is 14.4. The maximum atomic E-state index is 14.1. The number of carbonyl (C=O) groups excluding carboxylic acids is 2. The molecule has 6 rings (SSSR count). The third-order valence-corrected chi connectivity index (χ3v) is 11.4. The highest BCUT2D eigenvalue weighted by Crippen LogP contribution is 2.48. The zero-order valence-corrected chi connectivity index (χ0v) is 27.5. The number of hydrogen-bond donors (Lipinski definition) is 0. The highest BCUT2D eigenvalue weighted by Gasteiger charge is 2.50. The van der Waals surface area contributed by atoms with Crippen molar-refractivity contribution in [3.63, 3.8) is 0 Å². The van der Waals surface area contributed by atoms with Crippen LogP contribution in [0.2, 0.25) is 0 Å². The van der Waals surface area contributed by atoms with Gasteiger partial charge in [0, 0.05) is 57.0 Å². The van der Waals surface area contributed by atoms with Gasteiger partial charge in [-0.05, 0) is 41.8 Å². The summed E-state index contributed by atoms with van der Waals surface area (Å²) < 4.78 is 45.1. The minimum Gasteiger partial charge on any atom is -0.481 e. The van der Waals surface area contributed by atoms with Crippen LogP contribution in [0, 0.1) is 0 Å². The van der Waals surface area contributed by atoms with E-state index in [2.05, 4.69) is 9.97 Å². The molecule has 4 heterocycles. The first kappa shape index (κ1) is 31.9. The summed E-state index contributed by atoms with van der Waals surface area (Å²) in [6.45, 7) is 1.59. The number of amides is 2. The molecule has 2 amide bonds. The van der Waals surface area contributed by atoms with Gasteiger partial charge in [0.25, 0.3) is 0 Å². The predicted octanol–water partition coefficient (Wildman–Crippen LogP) is 3.84. The smallest absolute Gasteiger partial charge is 0.409 e. The van der Waals surface area contributed by atoms with Gasteiger partial charge in [-0.1, -0.05) is 41.7 Å². The molecule has 2 aliphatic rings. The number of pyridine rings is 1. The van der Waals surface area contributed by atoms with Gasteiger partial charge in [-0.15, -0.1) is 0 Å². The zero-order chi connectivity index (χ0) is 32.5. The normalized spacial score (nSPS) is 17.7. The summed E-state index contributed by atoms with van der Waals surface area (Å²) in [6, 6.07) is 17.9. The van der Waals surface area contributed by atoms with Crippen LogP contribution in [0.3, 0.4) is 0 Å². The molecule has 0 unspecified atom stereocenters. The lowest BCUT2D eigenvalue weighted by Crippen LogP contribution is -2.40. The fourth-order valence-electron chi connectivity index (χ4n) is 6.21. The number of fused-ring (bicyclic) bond motifs is 3. The molecule has 0 bridgehead atoms. The second kappa shape index (κ2) is 12.9. The molecule has 0 radical (unpaired) electrons. The molecule has 12 nitrogen and oxygen atoms in total. The number of rotatable bonds is 10. The van der Waals surface area contributed by atoms with Crippen molar-refractivity contribution in [2.45, 2.75) is 29.7 Å². The molecule has 14 heteroatoms. The SMILES string of the molecule is COCCN(Cc1ccccc1)S(=O)(=O)c1ccc2c(c1)[C@@]1(CCN(C(=O)OC)C1)CN2C(=O)Cc1nc2ccc(OC)nc2s1. The van der Waals surface area contributed by atoms with Crippen LogP contribution < -0.4 is 9.64 Å². The maximum Gasteiger partial charge on any atom is 0.409 e. The number of benzene rings is 2. The largest absolute Gasteiger partial charge is 0.481 e. The summed E-state index contributed by atoms with van der Waals surface area (Å²) in [5.74, 6) is 0.290. The van der Waals surface area contributed by atoms with E-state index >= 15 is 0 Å². The molecule has 0 N–H and O–H groups in total. The second-order valence-electron chi connectivity index (χ2n) is 11.4. The Kier molecular flexibility index (Phi) is 8.97. The topological polar surface area (TPSA) is 131 Å². The lowest BCUT2D eigenvalue weighted by Gasteiger charge is -2.26. The van der Waals surface area contributed by atoms with Crippen LogP contribution in [0.15, 0.2) is 65.6 Å². The molecule has 2 aromatic heterocycles. The number of hydrogen-bond acceptors (Lipinski definition) is 10. The predicted molar refractivity (Wildman–Crippen MR) is 173 cm³/mol. The Labute approximate surface area is 271 Å². The van der Waals surface area contributed by atoms with Crippen molar-refractivity contribution in [3.05, 3.63) is 76.8 Å². The molecule has 46 heavy (non-hydrogen) atoms. The Hall–Kier alpha value is -4.11. The molecular formula is C32H35N5O7S2. The third kappa shape index (κ3) is 6.05. The molecule has 0 saturated carbocycles. The summed E-state index contributed by atoms with van der Waals surface area (Å²) in [7, 11) is 0.450. The molecular weight excluding hydrogens is 631 g/mol. The summed E-state index contributed by atoms with van der Waals surface area (Å²) >= 11 is 1.33. The van der Waals surface area contributed by atoms with Gasteiger partial charge in [0.15, 0.2) is 0 Å². The first-order valence-corrected chi connectivity index (χ1v) is 17.0. The van der Waals surface area contributed by atoms with E-state index in [1.807, 2.05) is 30.3 Å². The van der Waals surface area contributed by atoms with Gasteiger partial charge in [-0.25, -0.2) is 23.2 Å². The fourth-order valence-corrected chi connectivity index (χ4v) is 8.57. The lowest BCUT2D eigenvalue weighted by atomic mass is 9.81. The number of methoxy groups -OCH3 is 3. The van der Waals surface area contributed by atoms with E-state index in [4.69, 9.17) is 14.2 Å². The van der Waals surface area contributed by atoms with Crippen LogP contribution in [-0.2, 0) is 42.7 Å². The van der Waals surface area contributed by atoms with E-state index in [0.29, 0.717) is 53.0 Å². The first-order valence-electron chi connectivity index (χ1n) is 14.8. The highest BCUT2D eigenvalue weighted by atomic mass is 32.2. The molecule has 2 aliphatic heterocycles. The van der Waals surface area contributed by atoms with Crippen molar-refractivity contribution in [1.82, 2.24) is 19.2 Å². The molecule has 1 fully saturated rings. The van der Waals surface area contributed by atoms with Gasteiger partial charge in [0.1, 0.15) is 15.4 Å². The average Bonchev–Trinajstić information content (AvgIpc) is 3.77. The van der Waals surface area contributed by atoms with Crippen LogP contribution in [0.4, 0.5) is 10.5 Å². The zero-order valence-electron chi connectivity index (χ0n) is 25.8. The molecule has 2 aromatic carbocycles. The number of anilines is 1. The fraction of sp³-hybridized carbons (Fsp3) is 0.375. The van der Waals surface area contributed by atoms with Gasteiger partial charge >= 0.3 is 6.09 Å². The number of thiazole rings is 1. The molecule has 242 valence electrons. The van der Waals surface area contributed by atoms with E-state index in [-0.39, 0.29) is 36.9 Å². The number of ether oxygens (including phenoxy) is 3. The summed E-state index contributed by atoms with van der Waals surface area (Å²) in [6.07, 6.45) is 0.129. The monoisotopic (exact) mass is 665 g/mol. The Bertz CT molecular complexity index is 1870. The van der Waals surface area contributed by atoms with Crippen molar-refractivity contribution in [2.24, 2.45) is 0 Å². The van der Waals surface area contributed by atoms with E-state index in [0.717, 1.165) is 11.1 Å². The standard InChI is InChI=1S/C32H35N5O7S2/c1-42-16-15-36(19-22-7-5-4-6-8-22)46(40,41)23-9-11-26-24(17-23)32(13-14-35(20-32)31(39)44-3)21-37(26)29(38)18-28-33-25-10-12-27(43-2)34-30(25)45-28/h4-12,17H,13-16,18-21H2,1-3H3/t32-/m1/s1. The van der Waals surface area contributed by atoms with Gasteiger partial charge in [-0.3, -0.25) is 4.79 Å². The number of aromatic nitrogens is 2. The van der Waals surface area contributed by atoms with Crippen LogP contribution in [0.25, 0.3) is 10.3 Å². The van der Waals surface area contributed by atoms with Crippen LogP contribution in [0.1, 0.15) is 22.6 Å². The van der Waals surface area contributed by atoms with Gasteiger partial charge in [0.05, 0.1) is 32.1 Å². The Balaban J connectivity index is 1.35. The summed E-state index contributed by atoms with van der Waals surface area (Å²) in [5, 5.41) is 0.611. The van der Waals surface area contributed by atoms with E-state index in [1.165, 1.54) is 29.9 Å². The van der Waals surface area contributed by atoms with Gasteiger partial charge < -0.3 is 24.0 Å². The van der Waals surface area contributed by atoms with Crippen molar-refractivity contribution < 1.29 is 32.2 Å². The summed E-state index contributed by atoms with van der Waals surface area (Å²) in [5.41, 5.74) is 2.21. The summed E-state index contributed by atoms with van der Waals surface area (Å²) in [4.78, 5) is 39.6. The van der Waals surface area contributed by atoms with Crippen LogP contribution in [0.5, 0.6) is 5.88 Å². The quantitative estimate of drug-likeness (QED) is 0.248. The molecule has 1 spiro atoms. The molecule has 1 saturated heterocycles. The third-order valence-electron chi connectivity index (χ3n) is 8.55. The van der Waals surface area contributed by atoms with Crippen molar-refractivity contribution in [1.29, 1.82) is 0 Å². The van der Waals surface area contributed by atoms with Gasteiger partial charge in [0.2, 0.25) is 21.8 Å².